The van der Waals surface area contributed by atoms with Crippen LogP contribution in [-0.2, 0) is 6.42 Å². The van der Waals surface area contributed by atoms with Crippen LogP contribution < -0.4 is 4.74 Å². The molecular formula is C16H17N5O2. The number of methoxy groups -OCH3 is 1. The summed E-state index contributed by atoms with van der Waals surface area (Å²) in [6.07, 6.45) is 2.91. The average Bonchev–Trinajstić information content (AvgIpc) is 3.10. The lowest BCUT2D eigenvalue weighted by atomic mass is 10.1. The standard InChI is InChI=1S/C16H17N5O2/c1-9-7-12(22-2)6-5-11(9)8-13-17-16(21-23-13)15-18-14(19-20-15)10-3-4-10/h5-7,10H,3-4,8H2,1-2H3,(H,18,19,20). The molecule has 0 saturated heterocycles. The molecule has 1 saturated carbocycles. The van der Waals surface area contributed by atoms with Crippen molar-refractivity contribution in [2.45, 2.75) is 32.1 Å². The second-order valence-electron chi connectivity index (χ2n) is 5.80. The van der Waals surface area contributed by atoms with Crippen molar-refractivity contribution in [2.75, 3.05) is 7.11 Å². The maximum atomic E-state index is 5.33. The van der Waals surface area contributed by atoms with Gasteiger partial charge in [0.05, 0.1) is 13.5 Å². The lowest BCUT2D eigenvalue weighted by Crippen LogP contribution is -1.94. The molecular weight excluding hydrogens is 294 g/mol. The number of aromatic nitrogens is 5. The zero-order valence-electron chi connectivity index (χ0n) is 13.0. The molecule has 0 bridgehead atoms. The van der Waals surface area contributed by atoms with Crippen LogP contribution in [0.2, 0.25) is 0 Å². The number of nitrogens with zero attached hydrogens (tertiary/aromatic N) is 4. The second kappa shape index (κ2) is 5.49. The number of hydrogen-bond acceptors (Lipinski definition) is 6. The van der Waals surface area contributed by atoms with Gasteiger partial charge in [-0.05, 0) is 43.0 Å². The predicted octanol–water partition coefficient (Wildman–Crippen LogP) is 2.64. The molecule has 3 aromatic rings. The minimum atomic E-state index is 0.425. The van der Waals surface area contributed by atoms with Crippen molar-refractivity contribution in [3.05, 3.63) is 41.0 Å². The Kier molecular flexibility index (Phi) is 3.33. The molecule has 7 nitrogen and oxygen atoms in total. The van der Waals surface area contributed by atoms with Crippen LogP contribution in [-0.4, -0.2) is 32.4 Å². The Balaban J connectivity index is 1.53. The van der Waals surface area contributed by atoms with Crippen LogP contribution in [0.4, 0.5) is 0 Å². The molecule has 0 atom stereocenters. The number of rotatable bonds is 5. The molecule has 4 rings (SSSR count). The zero-order valence-corrected chi connectivity index (χ0v) is 13.0. The van der Waals surface area contributed by atoms with Gasteiger partial charge in [0.2, 0.25) is 17.5 Å². The molecule has 0 spiro atoms. The third kappa shape index (κ3) is 2.81. The van der Waals surface area contributed by atoms with E-state index in [1.54, 1.807) is 7.11 Å². The first kappa shape index (κ1) is 13.9. The molecule has 118 valence electrons. The highest BCUT2D eigenvalue weighted by molar-refractivity contribution is 5.42. The Bertz CT molecular complexity index is 835. The molecule has 0 unspecified atom stereocenters. The lowest BCUT2D eigenvalue weighted by molar-refractivity contribution is 0.385. The Morgan fingerprint density at radius 2 is 2.13 bits per heavy atom. The van der Waals surface area contributed by atoms with Gasteiger partial charge in [0.1, 0.15) is 11.6 Å². The predicted molar refractivity (Wildman–Crippen MR) is 82.2 cm³/mol. The van der Waals surface area contributed by atoms with Gasteiger partial charge in [-0.2, -0.15) is 4.98 Å². The quantitative estimate of drug-likeness (QED) is 0.779. The highest BCUT2D eigenvalue weighted by atomic mass is 16.5. The molecule has 0 radical (unpaired) electrons. The van der Waals surface area contributed by atoms with Gasteiger partial charge in [0.25, 0.3) is 0 Å². The van der Waals surface area contributed by atoms with Gasteiger partial charge in [0.15, 0.2) is 0 Å². The second-order valence-corrected chi connectivity index (χ2v) is 5.80. The lowest BCUT2D eigenvalue weighted by Gasteiger charge is -2.05. The van der Waals surface area contributed by atoms with Crippen LogP contribution in [0.5, 0.6) is 5.75 Å². The molecule has 7 heteroatoms. The summed E-state index contributed by atoms with van der Waals surface area (Å²) in [4.78, 5) is 8.83. The van der Waals surface area contributed by atoms with E-state index in [0.717, 1.165) is 22.7 Å². The van der Waals surface area contributed by atoms with Crippen LogP contribution >= 0.6 is 0 Å². The van der Waals surface area contributed by atoms with Crippen LogP contribution in [0.15, 0.2) is 22.7 Å². The molecule has 23 heavy (non-hydrogen) atoms. The van der Waals surface area contributed by atoms with E-state index in [2.05, 4.69) is 25.3 Å². The number of nitrogens with one attached hydrogen (secondary N) is 1. The Labute approximate surface area is 133 Å². The van der Waals surface area contributed by atoms with Gasteiger partial charge in [0, 0.05) is 5.92 Å². The first-order valence-electron chi connectivity index (χ1n) is 7.61. The van der Waals surface area contributed by atoms with Crippen molar-refractivity contribution in [3.8, 4) is 17.4 Å². The minimum Gasteiger partial charge on any atom is -0.497 e. The summed E-state index contributed by atoms with van der Waals surface area (Å²) in [5.74, 6) is 3.74. The van der Waals surface area contributed by atoms with E-state index in [-0.39, 0.29) is 0 Å². The molecule has 2 heterocycles. The van der Waals surface area contributed by atoms with Crippen molar-refractivity contribution in [1.29, 1.82) is 0 Å². The van der Waals surface area contributed by atoms with E-state index in [9.17, 15) is 0 Å². The van der Waals surface area contributed by atoms with Crippen LogP contribution in [0.3, 0.4) is 0 Å². The zero-order chi connectivity index (χ0) is 15.8. The van der Waals surface area contributed by atoms with Crippen LogP contribution in [0.1, 0.15) is 41.6 Å². The van der Waals surface area contributed by atoms with Crippen molar-refractivity contribution >= 4 is 0 Å². The van der Waals surface area contributed by atoms with Crippen molar-refractivity contribution in [1.82, 2.24) is 25.3 Å². The van der Waals surface area contributed by atoms with E-state index in [1.807, 2.05) is 25.1 Å². The third-order valence-corrected chi connectivity index (χ3v) is 4.03. The SMILES string of the molecule is COc1ccc(Cc2nc(-c3n[nH]c(C4CC4)n3)no2)c(C)c1. The Hall–Kier alpha value is -2.70. The van der Waals surface area contributed by atoms with Gasteiger partial charge in [-0.15, -0.1) is 5.10 Å². The Morgan fingerprint density at radius 1 is 1.26 bits per heavy atom. The first-order chi connectivity index (χ1) is 11.2. The molecule has 1 N–H and O–H groups in total. The summed E-state index contributed by atoms with van der Waals surface area (Å²) in [6.45, 7) is 2.03. The fourth-order valence-electron chi connectivity index (χ4n) is 2.49. The average molecular weight is 311 g/mol. The summed E-state index contributed by atoms with van der Waals surface area (Å²) in [5, 5.41) is 11.1. The van der Waals surface area contributed by atoms with E-state index < -0.39 is 0 Å². The molecule has 2 aromatic heterocycles. The molecule has 1 aliphatic rings. The molecule has 0 aliphatic heterocycles. The molecule has 0 amide bonds. The number of benzene rings is 1. The molecule has 1 aromatic carbocycles. The number of aromatic amines is 1. The van der Waals surface area contributed by atoms with E-state index in [1.165, 1.54) is 12.8 Å². The molecule has 1 aliphatic carbocycles. The number of aryl methyl sites for hydroxylation is 1. The normalized spacial score (nSPS) is 14.2. The fourth-order valence-corrected chi connectivity index (χ4v) is 2.49. The summed E-state index contributed by atoms with van der Waals surface area (Å²) in [7, 11) is 1.66. The largest absolute Gasteiger partial charge is 0.497 e. The topological polar surface area (TPSA) is 89.7 Å². The highest BCUT2D eigenvalue weighted by Gasteiger charge is 2.28. The van der Waals surface area contributed by atoms with E-state index >= 15 is 0 Å². The smallest absolute Gasteiger partial charge is 0.242 e. The summed E-state index contributed by atoms with van der Waals surface area (Å²) in [5.41, 5.74) is 2.24. The third-order valence-electron chi connectivity index (χ3n) is 4.03. The maximum absolute atomic E-state index is 5.33. The first-order valence-corrected chi connectivity index (χ1v) is 7.61. The van der Waals surface area contributed by atoms with Gasteiger partial charge in [-0.3, -0.25) is 5.10 Å². The summed E-state index contributed by atoms with van der Waals surface area (Å²) < 4.78 is 10.6. The van der Waals surface area contributed by atoms with Crippen molar-refractivity contribution in [3.63, 3.8) is 0 Å². The summed E-state index contributed by atoms with van der Waals surface area (Å²) in [6, 6.07) is 5.93. The maximum Gasteiger partial charge on any atom is 0.242 e. The van der Waals surface area contributed by atoms with Crippen molar-refractivity contribution in [2.24, 2.45) is 0 Å². The summed E-state index contributed by atoms with van der Waals surface area (Å²) >= 11 is 0. The van der Waals surface area contributed by atoms with Crippen LogP contribution in [0, 0.1) is 6.92 Å². The molecule has 1 fully saturated rings. The van der Waals surface area contributed by atoms with E-state index in [4.69, 9.17) is 9.26 Å². The van der Waals surface area contributed by atoms with Crippen molar-refractivity contribution < 1.29 is 9.26 Å². The van der Waals surface area contributed by atoms with E-state index in [0.29, 0.717) is 29.9 Å². The van der Waals surface area contributed by atoms with Gasteiger partial charge < -0.3 is 9.26 Å². The number of ether oxygens (including phenoxy) is 1. The van der Waals surface area contributed by atoms with Gasteiger partial charge in [-0.25, -0.2) is 4.98 Å². The van der Waals surface area contributed by atoms with Gasteiger partial charge >= 0.3 is 0 Å². The van der Waals surface area contributed by atoms with Gasteiger partial charge in [-0.1, -0.05) is 11.2 Å². The fraction of sp³-hybridized carbons (Fsp3) is 0.375. The number of H-pyrrole nitrogens is 1. The Morgan fingerprint density at radius 3 is 2.87 bits per heavy atom. The minimum absolute atomic E-state index is 0.425. The van der Waals surface area contributed by atoms with Crippen LogP contribution in [0.25, 0.3) is 11.6 Å². The highest BCUT2D eigenvalue weighted by Crippen LogP contribution is 2.38. The number of hydrogen-bond donors (Lipinski definition) is 1. The monoisotopic (exact) mass is 311 g/mol.